The zero-order chi connectivity index (χ0) is 26.6. The number of hydrogen-bond donors (Lipinski definition) is 1. The summed E-state index contributed by atoms with van der Waals surface area (Å²) >= 11 is 6.06. The first-order chi connectivity index (χ1) is 16.9. The van der Waals surface area contributed by atoms with Crippen LogP contribution >= 0.6 is 11.6 Å². The molecule has 0 unspecified atom stereocenters. The summed E-state index contributed by atoms with van der Waals surface area (Å²) in [6.07, 6.45) is -3.61. The van der Waals surface area contributed by atoms with Gasteiger partial charge in [-0.15, -0.1) is 13.2 Å². The van der Waals surface area contributed by atoms with Crippen LogP contribution in [-0.2, 0) is 4.74 Å². The molecule has 0 saturated heterocycles. The number of aromatic nitrogens is 1. The van der Waals surface area contributed by atoms with E-state index in [0.717, 1.165) is 37.4 Å². The number of esters is 1. The van der Waals surface area contributed by atoms with Crippen molar-refractivity contribution in [2.75, 3.05) is 19.5 Å². The molecule has 0 fully saturated rings. The van der Waals surface area contributed by atoms with Crippen molar-refractivity contribution < 1.29 is 46.1 Å². The number of ether oxygens (including phenoxy) is 4. The van der Waals surface area contributed by atoms with E-state index in [0.29, 0.717) is 5.56 Å². The molecule has 0 spiro atoms. The number of carbonyl (C=O) groups is 2. The van der Waals surface area contributed by atoms with E-state index in [2.05, 4.69) is 19.8 Å². The summed E-state index contributed by atoms with van der Waals surface area (Å²) in [6, 6.07) is 6.29. The van der Waals surface area contributed by atoms with Crippen molar-refractivity contribution in [2.45, 2.75) is 13.3 Å². The predicted molar refractivity (Wildman–Crippen MR) is 119 cm³/mol. The molecule has 1 amide bonds. The smallest absolute Gasteiger partial charge is 0.493 e. The van der Waals surface area contributed by atoms with Crippen LogP contribution in [0.5, 0.6) is 23.0 Å². The van der Waals surface area contributed by atoms with Gasteiger partial charge in [0.25, 0.3) is 5.91 Å². The second-order valence-corrected chi connectivity index (χ2v) is 7.41. The molecule has 2 aromatic carbocycles. The number of hydrogen-bond acceptors (Lipinski definition) is 7. The summed E-state index contributed by atoms with van der Waals surface area (Å²) in [5, 5.41) is 1.93. The molecule has 1 N–H and O–H groups in total. The van der Waals surface area contributed by atoms with E-state index in [1.807, 2.05) is 0 Å². The number of carbonyl (C=O) groups excluding carboxylic acids is 2. The molecule has 0 aliphatic heterocycles. The number of anilines is 1. The third kappa shape index (κ3) is 6.13. The first kappa shape index (κ1) is 26.5. The van der Waals surface area contributed by atoms with Gasteiger partial charge in [0.15, 0.2) is 11.5 Å². The fourth-order valence-corrected chi connectivity index (χ4v) is 3.18. The van der Waals surface area contributed by atoms with Gasteiger partial charge in [0.05, 0.1) is 19.2 Å². The molecule has 0 radical (unpaired) electrons. The normalized spacial score (nSPS) is 11.0. The molecular formula is C23H17ClF4N2O6. The summed E-state index contributed by atoms with van der Waals surface area (Å²) in [5.74, 6) is -3.68. The minimum atomic E-state index is -4.93. The number of rotatable bonds is 7. The maximum Gasteiger partial charge on any atom is 0.573 e. The Morgan fingerprint density at radius 1 is 1.03 bits per heavy atom. The number of pyridine rings is 1. The SMILES string of the molecule is COC(=O)c1cc(NC(=O)c2c(Oc3ccc(OC(F)(F)F)cc3OC)ccc(F)c2Cl)c(C)cn1. The number of benzene rings is 2. The van der Waals surface area contributed by atoms with E-state index in [9.17, 15) is 27.2 Å². The lowest BCUT2D eigenvalue weighted by Gasteiger charge is -2.17. The Morgan fingerprint density at radius 2 is 1.72 bits per heavy atom. The highest BCUT2D eigenvalue weighted by molar-refractivity contribution is 6.35. The molecule has 1 aromatic heterocycles. The van der Waals surface area contributed by atoms with Gasteiger partial charge in [-0.05, 0) is 42.8 Å². The maximum atomic E-state index is 14.3. The Kier molecular flexibility index (Phi) is 7.88. The number of nitrogens with zero attached hydrogens (tertiary/aromatic N) is 1. The van der Waals surface area contributed by atoms with Crippen LogP contribution in [0.15, 0.2) is 42.6 Å². The summed E-state index contributed by atoms with van der Waals surface area (Å²) in [7, 11) is 2.34. The molecule has 3 rings (SSSR count). The molecular weight excluding hydrogens is 512 g/mol. The van der Waals surface area contributed by atoms with E-state index in [4.69, 9.17) is 21.1 Å². The standard InChI is InChI=1S/C23H17ClF4N2O6/c1-11-10-29-15(22(32)34-3)9-14(11)30-21(31)19-17(7-5-13(25)20(19)24)35-16-6-4-12(8-18(16)33-2)36-23(26,27)28/h4-10H,1-3H3,(H,29,30,31). The average Bonchev–Trinajstić information content (AvgIpc) is 2.82. The zero-order valence-corrected chi connectivity index (χ0v) is 19.6. The van der Waals surface area contributed by atoms with Crippen molar-refractivity contribution in [2.24, 2.45) is 0 Å². The Bertz CT molecular complexity index is 1320. The van der Waals surface area contributed by atoms with Gasteiger partial charge in [-0.1, -0.05) is 11.6 Å². The van der Waals surface area contributed by atoms with E-state index < -0.39 is 40.4 Å². The number of methoxy groups -OCH3 is 2. The second kappa shape index (κ2) is 10.7. The summed E-state index contributed by atoms with van der Waals surface area (Å²) in [5.41, 5.74) is 0.108. The van der Waals surface area contributed by atoms with Crippen molar-refractivity contribution in [3.05, 3.63) is 70.3 Å². The number of amides is 1. The van der Waals surface area contributed by atoms with Crippen molar-refractivity contribution >= 4 is 29.2 Å². The predicted octanol–water partition coefficient (Wildman–Crippen LogP) is 5.92. The molecule has 0 saturated carbocycles. The highest BCUT2D eigenvalue weighted by atomic mass is 35.5. The number of halogens is 5. The fraction of sp³-hybridized carbons (Fsp3) is 0.174. The molecule has 8 nitrogen and oxygen atoms in total. The molecule has 190 valence electrons. The third-order valence-corrected chi connectivity index (χ3v) is 4.99. The van der Waals surface area contributed by atoms with Crippen LogP contribution in [-0.4, -0.2) is 37.4 Å². The first-order valence-electron chi connectivity index (χ1n) is 9.89. The highest BCUT2D eigenvalue weighted by Crippen LogP contribution is 2.39. The molecule has 13 heteroatoms. The number of alkyl halides is 3. The van der Waals surface area contributed by atoms with Gasteiger partial charge in [-0.2, -0.15) is 0 Å². The monoisotopic (exact) mass is 528 g/mol. The summed E-state index contributed by atoms with van der Waals surface area (Å²) in [4.78, 5) is 28.8. The van der Waals surface area contributed by atoms with Gasteiger partial charge in [-0.3, -0.25) is 4.79 Å². The first-order valence-corrected chi connectivity index (χ1v) is 10.3. The van der Waals surface area contributed by atoms with Gasteiger partial charge in [0.1, 0.15) is 28.6 Å². The van der Waals surface area contributed by atoms with Crippen molar-refractivity contribution in [3.63, 3.8) is 0 Å². The van der Waals surface area contributed by atoms with Crippen molar-refractivity contribution in [3.8, 4) is 23.0 Å². The van der Waals surface area contributed by atoms with Crippen LogP contribution in [0.1, 0.15) is 26.4 Å². The minimum Gasteiger partial charge on any atom is -0.493 e. The molecule has 0 atom stereocenters. The van der Waals surface area contributed by atoms with Gasteiger partial charge < -0.3 is 24.3 Å². The quantitative estimate of drug-likeness (QED) is 0.300. The number of nitrogens with one attached hydrogen (secondary N) is 1. The van der Waals surface area contributed by atoms with Crippen LogP contribution in [0.3, 0.4) is 0 Å². The second-order valence-electron chi connectivity index (χ2n) is 7.03. The van der Waals surface area contributed by atoms with Crippen LogP contribution in [0.4, 0.5) is 23.2 Å². The topological polar surface area (TPSA) is 96.0 Å². The lowest BCUT2D eigenvalue weighted by atomic mass is 10.1. The Labute approximate surface area is 206 Å². The van der Waals surface area contributed by atoms with Gasteiger partial charge in [0.2, 0.25) is 0 Å². The zero-order valence-electron chi connectivity index (χ0n) is 18.8. The van der Waals surface area contributed by atoms with Crippen LogP contribution < -0.4 is 19.5 Å². The van der Waals surface area contributed by atoms with Gasteiger partial charge in [-0.25, -0.2) is 14.2 Å². The van der Waals surface area contributed by atoms with Crippen LogP contribution in [0, 0.1) is 12.7 Å². The Hall–Kier alpha value is -4.06. The van der Waals surface area contributed by atoms with E-state index in [1.54, 1.807) is 6.92 Å². The van der Waals surface area contributed by atoms with Crippen molar-refractivity contribution in [1.29, 1.82) is 0 Å². The third-order valence-electron chi connectivity index (χ3n) is 4.62. The largest absolute Gasteiger partial charge is 0.573 e. The molecule has 0 bridgehead atoms. The number of aryl methyl sites for hydroxylation is 1. The minimum absolute atomic E-state index is 0.0916. The molecule has 36 heavy (non-hydrogen) atoms. The van der Waals surface area contributed by atoms with E-state index >= 15 is 0 Å². The summed E-state index contributed by atoms with van der Waals surface area (Å²) in [6.45, 7) is 1.60. The van der Waals surface area contributed by atoms with Crippen LogP contribution in [0.2, 0.25) is 5.02 Å². The van der Waals surface area contributed by atoms with E-state index in [-0.39, 0.29) is 28.6 Å². The fourth-order valence-electron chi connectivity index (χ4n) is 2.94. The molecule has 0 aliphatic rings. The highest BCUT2D eigenvalue weighted by Gasteiger charge is 2.31. The van der Waals surface area contributed by atoms with Gasteiger partial charge >= 0.3 is 12.3 Å². The average molecular weight is 529 g/mol. The molecule has 1 heterocycles. The summed E-state index contributed by atoms with van der Waals surface area (Å²) < 4.78 is 71.0. The maximum absolute atomic E-state index is 14.3. The van der Waals surface area contributed by atoms with Crippen LogP contribution in [0.25, 0.3) is 0 Å². The lowest BCUT2D eigenvalue weighted by Crippen LogP contribution is -2.17. The van der Waals surface area contributed by atoms with Crippen molar-refractivity contribution in [1.82, 2.24) is 4.98 Å². The molecule has 0 aliphatic carbocycles. The van der Waals surface area contributed by atoms with Gasteiger partial charge in [0, 0.05) is 18.0 Å². The van der Waals surface area contributed by atoms with E-state index in [1.165, 1.54) is 19.4 Å². The Balaban J connectivity index is 1.97. The Morgan fingerprint density at radius 3 is 2.36 bits per heavy atom. The molecule has 3 aromatic rings. The lowest BCUT2D eigenvalue weighted by molar-refractivity contribution is -0.274.